The van der Waals surface area contributed by atoms with Crippen LogP contribution >= 0.6 is 0 Å². The molecule has 0 N–H and O–H groups in total. The molecule has 0 saturated heterocycles. The van der Waals surface area contributed by atoms with Crippen molar-refractivity contribution in [3.63, 3.8) is 0 Å². The van der Waals surface area contributed by atoms with Crippen LogP contribution in [0.4, 0.5) is 0 Å². The Morgan fingerprint density at radius 2 is 1.21 bits per heavy atom. The summed E-state index contributed by atoms with van der Waals surface area (Å²) in [6.45, 7) is 3.70. The third-order valence-corrected chi connectivity index (χ3v) is 8.04. The molecule has 0 saturated carbocycles. The predicted octanol–water partition coefficient (Wildman–Crippen LogP) is 2.61. The van der Waals surface area contributed by atoms with E-state index in [1.165, 1.54) is 48.5 Å². The molecule has 38 heavy (non-hydrogen) atoms. The van der Waals surface area contributed by atoms with Crippen molar-refractivity contribution in [2.75, 3.05) is 0 Å². The van der Waals surface area contributed by atoms with Gasteiger partial charge in [0.05, 0.1) is 15.4 Å². The molecule has 0 aliphatic carbocycles. The van der Waals surface area contributed by atoms with Crippen molar-refractivity contribution in [1.29, 1.82) is 0 Å². The standard InChI is InChI=1S/C28H22O7S2.K/c1-4-21-8-5-20(3)17-27(21)35-23-11-16-26(28(18-23)37(31,32)33)34-22-9-14-25(15-10-22)36(29,30)24-12-6-19(2)7-13-24;/h1,5-18H,2-3H3,(H,31,32,33);/q;+1/p-1. The fourth-order valence-corrected chi connectivity index (χ4v) is 5.34. The number of sulfone groups is 1. The molecule has 7 nitrogen and oxygen atoms in total. The Labute approximate surface area is 264 Å². The Bertz CT molecular complexity index is 1720. The van der Waals surface area contributed by atoms with Crippen LogP contribution in [0.3, 0.4) is 0 Å². The Morgan fingerprint density at radius 1 is 0.684 bits per heavy atom. The van der Waals surface area contributed by atoms with Gasteiger partial charge in [-0.25, -0.2) is 16.8 Å². The Morgan fingerprint density at radius 3 is 1.79 bits per heavy atom. The number of hydrogen-bond acceptors (Lipinski definition) is 7. The van der Waals surface area contributed by atoms with E-state index in [4.69, 9.17) is 15.9 Å². The van der Waals surface area contributed by atoms with Crippen LogP contribution in [0.2, 0.25) is 0 Å². The van der Waals surface area contributed by atoms with Crippen LogP contribution in [0, 0.1) is 26.2 Å². The van der Waals surface area contributed by atoms with E-state index in [1.807, 2.05) is 19.9 Å². The molecule has 0 fully saturated rings. The van der Waals surface area contributed by atoms with Gasteiger partial charge in [-0.1, -0.05) is 29.7 Å². The van der Waals surface area contributed by atoms with E-state index in [1.54, 1.807) is 24.3 Å². The van der Waals surface area contributed by atoms with Crippen molar-refractivity contribution in [2.45, 2.75) is 28.5 Å². The number of rotatable bonds is 7. The van der Waals surface area contributed by atoms with Gasteiger partial charge in [0.25, 0.3) is 0 Å². The molecule has 0 radical (unpaired) electrons. The van der Waals surface area contributed by atoms with Gasteiger partial charge in [0.2, 0.25) is 9.84 Å². The van der Waals surface area contributed by atoms with Crippen molar-refractivity contribution in [3.8, 4) is 35.3 Å². The summed E-state index contributed by atoms with van der Waals surface area (Å²) in [5, 5.41) is 0. The molecule has 0 aliphatic rings. The smallest absolute Gasteiger partial charge is 0.744 e. The van der Waals surface area contributed by atoms with Crippen molar-refractivity contribution < 1.29 is 82.2 Å². The molecule has 0 amide bonds. The molecule has 188 valence electrons. The van der Waals surface area contributed by atoms with Crippen molar-refractivity contribution >= 4 is 20.0 Å². The minimum atomic E-state index is -4.95. The van der Waals surface area contributed by atoms with E-state index in [-0.39, 0.29) is 78.4 Å². The molecule has 0 unspecified atom stereocenters. The van der Waals surface area contributed by atoms with Crippen LogP contribution in [0.1, 0.15) is 16.7 Å². The summed E-state index contributed by atoms with van der Waals surface area (Å²) >= 11 is 0. The van der Waals surface area contributed by atoms with Crippen LogP contribution < -0.4 is 60.9 Å². The second-order valence-corrected chi connectivity index (χ2v) is 11.5. The van der Waals surface area contributed by atoms with Gasteiger partial charge in [-0.05, 0) is 80.1 Å². The van der Waals surface area contributed by atoms with Crippen molar-refractivity contribution in [3.05, 3.63) is 102 Å². The van der Waals surface area contributed by atoms with Crippen LogP contribution in [0.5, 0.6) is 23.0 Å². The van der Waals surface area contributed by atoms with Gasteiger partial charge < -0.3 is 14.0 Å². The first-order valence-electron chi connectivity index (χ1n) is 10.9. The minimum absolute atomic E-state index is 0. The molecule has 4 rings (SSSR count). The first kappa shape index (κ1) is 30.1. The van der Waals surface area contributed by atoms with Crippen LogP contribution in [-0.2, 0) is 20.0 Å². The normalized spacial score (nSPS) is 11.2. The predicted molar refractivity (Wildman–Crippen MR) is 137 cm³/mol. The summed E-state index contributed by atoms with van der Waals surface area (Å²) in [7, 11) is -8.71. The molecule has 0 aliphatic heterocycles. The molecule has 0 heterocycles. The summed E-state index contributed by atoms with van der Waals surface area (Å²) in [4.78, 5) is -0.466. The van der Waals surface area contributed by atoms with Gasteiger partial charge in [0.15, 0.2) is 0 Å². The molecule has 10 heteroatoms. The van der Waals surface area contributed by atoms with E-state index >= 15 is 0 Å². The molecule has 4 aromatic rings. The SMILES string of the molecule is C#Cc1ccc(C)cc1Oc1ccc(Oc2ccc(S(=O)(=O)c3ccc(C)cc3)cc2)c(S(=O)(=O)[O-])c1.[K+]. The fourth-order valence-electron chi connectivity index (χ4n) is 3.46. The van der Waals surface area contributed by atoms with Crippen LogP contribution in [0.15, 0.2) is 99.6 Å². The van der Waals surface area contributed by atoms with E-state index in [0.29, 0.717) is 11.3 Å². The monoisotopic (exact) mass is 572 g/mol. The van der Waals surface area contributed by atoms with Gasteiger partial charge in [-0.2, -0.15) is 0 Å². The zero-order valence-corrected chi connectivity index (χ0v) is 25.6. The Hall–Kier alpha value is -2.46. The topological polar surface area (TPSA) is 110 Å². The van der Waals surface area contributed by atoms with Crippen molar-refractivity contribution in [1.82, 2.24) is 0 Å². The quantitative estimate of drug-likeness (QED) is 0.190. The maximum absolute atomic E-state index is 12.9. The van der Waals surface area contributed by atoms with Crippen LogP contribution in [0.25, 0.3) is 0 Å². The summed E-state index contributed by atoms with van der Waals surface area (Å²) in [6.07, 6.45) is 5.51. The number of terminal acetylenes is 1. The summed E-state index contributed by atoms with van der Waals surface area (Å²) in [5.74, 6) is 2.79. The van der Waals surface area contributed by atoms with E-state index < -0.39 is 24.9 Å². The van der Waals surface area contributed by atoms with E-state index in [0.717, 1.165) is 17.2 Å². The van der Waals surface area contributed by atoms with Gasteiger partial charge in [-0.3, -0.25) is 0 Å². The molecule has 0 atom stereocenters. The van der Waals surface area contributed by atoms with Gasteiger partial charge >= 0.3 is 51.4 Å². The molecule has 0 spiro atoms. The van der Waals surface area contributed by atoms with Crippen LogP contribution in [-0.4, -0.2) is 21.4 Å². The van der Waals surface area contributed by atoms with E-state index in [9.17, 15) is 21.4 Å². The van der Waals surface area contributed by atoms with Gasteiger partial charge in [0, 0.05) is 6.07 Å². The third-order valence-electron chi connectivity index (χ3n) is 5.40. The second kappa shape index (κ2) is 12.2. The molecule has 0 bridgehead atoms. The largest absolute Gasteiger partial charge is 1.00 e. The maximum atomic E-state index is 12.9. The van der Waals surface area contributed by atoms with E-state index in [2.05, 4.69) is 5.92 Å². The van der Waals surface area contributed by atoms with Gasteiger partial charge in [-0.15, -0.1) is 6.42 Å². The summed E-state index contributed by atoms with van der Waals surface area (Å²) in [5.41, 5.74) is 2.26. The molecular formula is C28H21KO7S2. The molecule has 0 aromatic heterocycles. The summed E-state index contributed by atoms with van der Waals surface area (Å²) < 4.78 is 73.1. The van der Waals surface area contributed by atoms with Gasteiger partial charge in [0.1, 0.15) is 38.0 Å². The number of hydrogen-bond donors (Lipinski definition) is 0. The second-order valence-electron chi connectivity index (χ2n) is 8.20. The average Bonchev–Trinajstić information content (AvgIpc) is 2.85. The molecule has 4 aromatic carbocycles. The zero-order chi connectivity index (χ0) is 26.8. The minimum Gasteiger partial charge on any atom is -0.744 e. The summed E-state index contributed by atoms with van der Waals surface area (Å²) in [6, 6.07) is 20.8. The first-order chi connectivity index (χ1) is 17.5. The number of ether oxygens (including phenoxy) is 2. The maximum Gasteiger partial charge on any atom is 1.00 e. The number of aryl methyl sites for hydroxylation is 2. The third kappa shape index (κ3) is 6.94. The Kier molecular flexibility index (Phi) is 9.62. The molecular weight excluding hydrogens is 552 g/mol. The average molecular weight is 573 g/mol. The fraction of sp³-hybridized carbons (Fsp3) is 0.0714. The van der Waals surface area contributed by atoms with Crippen molar-refractivity contribution in [2.24, 2.45) is 0 Å². The Balaban J connectivity index is 0.00000400. The zero-order valence-electron chi connectivity index (χ0n) is 20.8. The first-order valence-corrected chi connectivity index (χ1v) is 13.8. The number of benzene rings is 4.